The highest BCUT2D eigenvalue weighted by Crippen LogP contribution is 2.27. The van der Waals surface area contributed by atoms with Crippen LogP contribution >= 0.6 is 0 Å². The topological polar surface area (TPSA) is 6.48 Å². The Morgan fingerprint density at radius 1 is 0.810 bits per heavy atom. The van der Waals surface area contributed by atoms with Crippen molar-refractivity contribution in [1.82, 2.24) is 4.90 Å². The van der Waals surface area contributed by atoms with Gasteiger partial charge in [-0.3, -0.25) is 0 Å². The quantitative estimate of drug-likeness (QED) is 0.827. The van der Waals surface area contributed by atoms with Crippen LogP contribution in [0.4, 0.5) is 5.69 Å². The molecule has 21 heavy (non-hydrogen) atoms. The molecule has 0 bridgehead atoms. The normalized spacial score (nSPS) is 16.2. The molecule has 1 aliphatic rings. The summed E-state index contributed by atoms with van der Waals surface area (Å²) < 4.78 is 0. The maximum Gasteiger partial charge on any atom is 0.0367 e. The second-order valence-electron chi connectivity index (χ2n) is 6.16. The number of hydrogen-bond acceptors (Lipinski definition) is 2. The highest BCUT2D eigenvalue weighted by atomic mass is 15.2. The van der Waals surface area contributed by atoms with E-state index in [0.717, 1.165) is 26.2 Å². The molecule has 0 atom stereocenters. The molecule has 2 nitrogen and oxygen atoms in total. The predicted molar refractivity (Wildman–Crippen MR) is 91.1 cm³/mol. The molecule has 0 aliphatic carbocycles. The number of benzene rings is 2. The monoisotopic (exact) mass is 280 g/mol. The third-order valence-electron chi connectivity index (χ3n) is 4.43. The van der Waals surface area contributed by atoms with E-state index in [1.54, 1.807) is 0 Å². The Bertz CT molecular complexity index is 608. The summed E-state index contributed by atoms with van der Waals surface area (Å²) in [6, 6.07) is 15.7. The van der Waals surface area contributed by atoms with Crippen molar-refractivity contribution >= 4 is 5.69 Å². The molecule has 0 radical (unpaired) electrons. The first-order chi connectivity index (χ1) is 10.1. The van der Waals surface area contributed by atoms with Gasteiger partial charge in [0.2, 0.25) is 0 Å². The van der Waals surface area contributed by atoms with E-state index in [4.69, 9.17) is 0 Å². The van der Waals surface area contributed by atoms with Crippen LogP contribution in [0.3, 0.4) is 0 Å². The lowest BCUT2D eigenvalue weighted by Gasteiger charge is -2.34. The van der Waals surface area contributed by atoms with E-state index < -0.39 is 0 Å². The van der Waals surface area contributed by atoms with Gasteiger partial charge in [-0.15, -0.1) is 0 Å². The number of aryl methyl sites for hydroxylation is 2. The molecular formula is C19H24N2. The van der Waals surface area contributed by atoms with Crippen LogP contribution in [0.2, 0.25) is 0 Å². The van der Waals surface area contributed by atoms with Crippen LogP contribution in [0.1, 0.15) is 11.1 Å². The second-order valence-corrected chi connectivity index (χ2v) is 6.16. The highest BCUT2D eigenvalue weighted by Gasteiger charge is 2.14. The Morgan fingerprint density at radius 2 is 1.48 bits per heavy atom. The zero-order valence-electron chi connectivity index (χ0n) is 13.3. The molecule has 110 valence electrons. The van der Waals surface area contributed by atoms with Gasteiger partial charge in [-0.1, -0.05) is 35.9 Å². The number of likely N-dealkylation sites (N-methyl/N-ethyl adjacent to an activating group) is 1. The van der Waals surface area contributed by atoms with Crippen molar-refractivity contribution < 1.29 is 0 Å². The summed E-state index contributed by atoms with van der Waals surface area (Å²) in [4.78, 5) is 4.87. The highest BCUT2D eigenvalue weighted by molar-refractivity contribution is 5.69. The Hall–Kier alpha value is -1.80. The molecule has 2 aromatic carbocycles. The minimum absolute atomic E-state index is 1.12. The van der Waals surface area contributed by atoms with Gasteiger partial charge in [0.1, 0.15) is 0 Å². The maximum absolute atomic E-state index is 2.48. The van der Waals surface area contributed by atoms with Gasteiger partial charge in [-0.2, -0.15) is 0 Å². The van der Waals surface area contributed by atoms with Crippen LogP contribution in [0.25, 0.3) is 11.1 Å². The van der Waals surface area contributed by atoms with Crippen molar-refractivity contribution in [3.63, 3.8) is 0 Å². The lowest BCUT2D eigenvalue weighted by atomic mass is 9.98. The summed E-state index contributed by atoms with van der Waals surface area (Å²) >= 11 is 0. The number of piperazine rings is 1. The molecule has 0 aromatic heterocycles. The molecule has 0 N–H and O–H groups in total. The first kappa shape index (κ1) is 14.2. The average molecular weight is 280 g/mol. The fourth-order valence-corrected chi connectivity index (χ4v) is 3.05. The fourth-order valence-electron chi connectivity index (χ4n) is 3.05. The van der Waals surface area contributed by atoms with Gasteiger partial charge in [0.05, 0.1) is 0 Å². The molecule has 0 unspecified atom stereocenters. The van der Waals surface area contributed by atoms with Crippen molar-refractivity contribution in [2.45, 2.75) is 13.8 Å². The van der Waals surface area contributed by atoms with Crippen LogP contribution in [-0.4, -0.2) is 38.1 Å². The minimum Gasteiger partial charge on any atom is -0.369 e. The second kappa shape index (κ2) is 5.90. The van der Waals surface area contributed by atoms with Crippen molar-refractivity contribution in [2.24, 2.45) is 0 Å². The summed E-state index contributed by atoms with van der Waals surface area (Å²) in [5.74, 6) is 0. The van der Waals surface area contributed by atoms with Crippen molar-refractivity contribution in [3.05, 3.63) is 53.6 Å². The van der Waals surface area contributed by atoms with E-state index in [1.165, 1.54) is 27.9 Å². The molecule has 1 heterocycles. The molecule has 0 amide bonds. The molecule has 1 aliphatic heterocycles. The molecule has 3 rings (SSSR count). The number of hydrogen-bond donors (Lipinski definition) is 0. The van der Waals surface area contributed by atoms with E-state index in [-0.39, 0.29) is 0 Å². The Morgan fingerprint density at radius 3 is 2.10 bits per heavy atom. The lowest BCUT2D eigenvalue weighted by Crippen LogP contribution is -2.44. The largest absolute Gasteiger partial charge is 0.369 e. The number of nitrogens with zero attached hydrogens (tertiary/aromatic N) is 2. The molecule has 2 aromatic rings. The molecule has 1 saturated heterocycles. The van der Waals surface area contributed by atoms with E-state index >= 15 is 0 Å². The van der Waals surface area contributed by atoms with Gasteiger partial charge in [0.15, 0.2) is 0 Å². The summed E-state index contributed by atoms with van der Waals surface area (Å²) in [6.45, 7) is 8.89. The van der Waals surface area contributed by atoms with Crippen LogP contribution in [0.5, 0.6) is 0 Å². The Balaban J connectivity index is 1.80. The lowest BCUT2D eigenvalue weighted by molar-refractivity contribution is 0.313. The smallest absolute Gasteiger partial charge is 0.0367 e. The summed E-state index contributed by atoms with van der Waals surface area (Å²) in [6.07, 6.45) is 0. The molecule has 0 saturated carbocycles. The predicted octanol–water partition coefficient (Wildman–Crippen LogP) is 3.72. The Kier molecular flexibility index (Phi) is 3.98. The molecule has 0 spiro atoms. The Labute approximate surface area is 128 Å². The van der Waals surface area contributed by atoms with Gasteiger partial charge in [-0.25, -0.2) is 0 Å². The zero-order valence-corrected chi connectivity index (χ0v) is 13.3. The van der Waals surface area contributed by atoms with E-state index in [2.05, 4.69) is 73.2 Å². The fraction of sp³-hybridized carbons (Fsp3) is 0.368. The van der Waals surface area contributed by atoms with E-state index in [9.17, 15) is 0 Å². The molecular weight excluding hydrogens is 256 g/mol. The van der Waals surface area contributed by atoms with E-state index in [0.29, 0.717) is 0 Å². The standard InChI is InChI=1S/C19H24N2/c1-15-4-9-19(16(2)14-15)17-5-7-18(8-6-17)21-12-10-20(3)11-13-21/h4-9,14H,10-13H2,1-3H3. The third kappa shape index (κ3) is 3.11. The van der Waals surface area contributed by atoms with E-state index in [1.807, 2.05) is 0 Å². The average Bonchev–Trinajstić information content (AvgIpc) is 2.48. The third-order valence-corrected chi connectivity index (χ3v) is 4.43. The first-order valence-electron chi connectivity index (χ1n) is 7.75. The SMILES string of the molecule is Cc1ccc(-c2ccc(N3CCN(C)CC3)cc2)c(C)c1. The molecule has 1 fully saturated rings. The van der Waals surface area contributed by atoms with Crippen LogP contribution < -0.4 is 4.90 Å². The van der Waals surface area contributed by atoms with Gasteiger partial charge >= 0.3 is 0 Å². The number of anilines is 1. The summed E-state index contributed by atoms with van der Waals surface area (Å²) in [5.41, 5.74) is 6.67. The van der Waals surface area contributed by atoms with Gasteiger partial charge in [0.25, 0.3) is 0 Å². The zero-order chi connectivity index (χ0) is 14.8. The summed E-state index contributed by atoms with van der Waals surface area (Å²) in [7, 11) is 2.20. The number of rotatable bonds is 2. The van der Waals surface area contributed by atoms with Crippen molar-refractivity contribution in [1.29, 1.82) is 0 Å². The summed E-state index contributed by atoms with van der Waals surface area (Å²) in [5, 5.41) is 0. The van der Waals surface area contributed by atoms with Crippen LogP contribution in [0, 0.1) is 13.8 Å². The van der Waals surface area contributed by atoms with Gasteiger partial charge in [-0.05, 0) is 49.7 Å². The minimum atomic E-state index is 1.12. The van der Waals surface area contributed by atoms with Crippen molar-refractivity contribution in [3.8, 4) is 11.1 Å². The van der Waals surface area contributed by atoms with Crippen molar-refractivity contribution in [2.75, 3.05) is 38.1 Å². The van der Waals surface area contributed by atoms with Gasteiger partial charge in [0, 0.05) is 31.9 Å². The van der Waals surface area contributed by atoms with Crippen LogP contribution in [-0.2, 0) is 0 Å². The van der Waals surface area contributed by atoms with Gasteiger partial charge < -0.3 is 9.80 Å². The maximum atomic E-state index is 2.48. The molecule has 2 heteroatoms. The first-order valence-corrected chi connectivity index (χ1v) is 7.75. The van der Waals surface area contributed by atoms with Crippen LogP contribution in [0.15, 0.2) is 42.5 Å².